The number of carbonyl (C=O) groups is 1. The molecule has 2 aromatic heterocycles. The first-order chi connectivity index (χ1) is 13.1. The summed E-state index contributed by atoms with van der Waals surface area (Å²) >= 11 is 0. The van der Waals surface area contributed by atoms with E-state index in [0.29, 0.717) is 18.9 Å². The van der Waals surface area contributed by atoms with Crippen molar-refractivity contribution in [2.45, 2.75) is 19.9 Å². The van der Waals surface area contributed by atoms with Crippen LogP contribution in [0.25, 0.3) is 5.78 Å². The van der Waals surface area contributed by atoms with Crippen LogP contribution in [0.1, 0.15) is 28.3 Å². The topological polar surface area (TPSA) is 66.6 Å². The second-order valence-corrected chi connectivity index (χ2v) is 6.78. The molecule has 1 aromatic carbocycles. The van der Waals surface area contributed by atoms with Crippen molar-refractivity contribution in [3.8, 4) is 0 Å². The number of hydrogen-bond donors (Lipinski definition) is 0. The number of amides is 1. The summed E-state index contributed by atoms with van der Waals surface area (Å²) in [7, 11) is 0. The maximum absolute atomic E-state index is 13.1. The van der Waals surface area contributed by atoms with Crippen LogP contribution in [0.4, 0.5) is 4.39 Å². The fourth-order valence-electron chi connectivity index (χ4n) is 3.32. The number of rotatable bonds is 3. The van der Waals surface area contributed by atoms with Crippen molar-refractivity contribution in [3.05, 3.63) is 59.4 Å². The molecule has 3 aromatic rings. The molecule has 140 valence electrons. The highest BCUT2D eigenvalue weighted by molar-refractivity contribution is 5.90. The first-order valence-corrected chi connectivity index (χ1v) is 9.04. The zero-order chi connectivity index (χ0) is 18.8. The van der Waals surface area contributed by atoms with Gasteiger partial charge in [-0.25, -0.2) is 13.9 Å². The van der Waals surface area contributed by atoms with E-state index in [0.717, 1.165) is 37.3 Å². The predicted octanol–water partition coefficient (Wildman–Crippen LogP) is 1.92. The van der Waals surface area contributed by atoms with Crippen molar-refractivity contribution in [2.75, 3.05) is 26.2 Å². The van der Waals surface area contributed by atoms with Crippen molar-refractivity contribution in [3.63, 3.8) is 0 Å². The van der Waals surface area contributed by atoms with Gasteiger partial charge in [0.2, 0.25) is 5.82 Å². The first-order valence-electron chi connectivity index (χ1n) is 9.04. The lowest BCUT2D eigenvalue weighted by molar-refractivity contribution is 0.0749. The molecule has 4 rings (SSSR count). The maximum Gasteiger partial charge on any atom is 0.293 e. The Bertz CT molecular complexity index is 954. The fourth-order valence-corrected chi connectivity index (χ4v) is 3.32. The van der Waals surface area contributed by atoms with E-state index in [1.165, 1.54) is 12.1 Å². The monoisotopic (exact) mass is 368 g/mol. The van der Waals surface area contributed by atoms with Crippen LogP contribution in [-0.4, -0.2) is 61.5 Å². The van der Waals surface area contributed by atoms with E-state index in [1.54, 1.807) is 27.7 Å². The van der Waals surface area contributed by atoms with Gasteiger partial charge in [0.15, 0.2) is 0 Å². The SMILES string of the molecule is Cc1ccnc2nc(C(=O)N3CCCN(Cc4ccc(F)cc4)CC3)nn12. The van der Waals surface area contributed by atoms with Crippen molar-refractivity contribution in [1.82, 2.24) is 29.4 Å². The van der Waals surface area contributed by atoms with Gasteiger partial charge >= 0.3 is 0 Å². The largest absolute Gasteiger partial charge is 0.335 e. The van der Waals surface area contributed by atoms with Crippen LogP contribution < -0.4 is 0 Å². The number of carbonyl (C=O) groups excluding carboxylic acids is 1. The van der Waals surface area contributed by atoms with Crippen LogP contribution in [-0.2, 0) is 6.54 Å². The van der Waals surface area contributed by atoms with Crippen LogP contribution in [0.5, 0.6) is 0 Å². The molecule has 1 saturated heterocycles. The quantitative estimate of drug-likeness (QED) is 0.707. The Labute approximate surface area is 156 Å². The summed E-state index contributed by atoms with van der Waals surface area (Å²) in [5.74, 6) is 0.231. The number of aromatic nitrogens is 4. The molecule has 8 heteroatoms. The second kappa shape index (κ2) is 7.40. The number of halogens is 1. The molecule has 0 bridgehead atoms. The normalized spacial score (nSPS) is 15.9. The van der Waals surface area contributed by atoms with Crippen molar-refractivity contribution < 1.29 is 9.18 Å². The summed E-state index contributed by atoms with van der Waals surface area (Å²) < 4.78 is 14.6. The zero-order valence-corrected chi connectivity index (χ0v) is 15.2. The van der Waals surface area contributed by atoms with E-state index in [9.17, 15) is 9.18 Å². The smallest absolute Gasteiger partial charge is 0.293 e. The van der Waals surface area contributed by atoms with Gasteiger partial charge in [0.25, 0.3) is 11.7 Å². The number of nitrogens with zero attached hydrogens (tertiary/aromatic N) is 6. The lowest BCUT2D eigenvalue weighted by Crippen LogP contribution is -2.35. The standard InChI is InChI=1S/C19H21FN6O/c1-14-7-8-21-19-22-17(23-26(14)19)18(27)25-10-2-9-24(11-12-25)13-15-3-5-16(20)6-4-15/h3-8H,2,9-13H2,1H3. The Balaban J connectivity index is 1.43. The lowest BCUT2D eigenvalue weighted by atomic mass is 10.2. The molecule has 0 unspecified atom stereocenters. The van der Waals surface area contributed by atoms with E-state index >= 15 is 0 Å². The summed E-state index contributed by atoms with van der Waals surface area (Å²) in [5, 5.41) is 4.32. The molecule has 1 amide bonds. The minimum absolute atomic E-state index is 0.163. The highest BCUT2D eigenvalue weighted by atomic mass is 19.1. The molecular weight excluding hydrogens is 347 g/mol. The molecule has 0 atom stereocenters. The van der Waals surface area contributed by atoms with Crippen molar-refractivity contribution in [2.24, 2.45) is 0 Å². The molecule has 0 radical (unpaired) electrons. The summed E-state index contributed by atoms with van der Waals surface area (Å²) in [6, 6.07) is 8.40. The van der Waals surface area contributed by atoms with Gasteiger partial charge in [-0.3, -0.25) is 9.69 Å². The van der Waals surface area contributed by atoms with Crippen LogP contribution in [0, 0.1) is 12.7 Å². The molecule has 0 saturated carbocycles. The van der Waals surface area contributed by atoms with E-state index in [1.807, 2.05) is 13.0 Å². The highest BCUT2D eigenvalue weighted by Crippen LogP contribution is 2.12. The third-order valence-electron chi connectivity index (χ3n) is 4.82. The first kappa shape index (κ1) is 17.5. The van der Waals surface area contributed by atoms with Gasteiger partial charge < -0.3 is 4.90 Å². The molecule has 3 heterocycles. The number of fused-ring (bicyclic) bond motifs is 1. The van der Waals surface area contributed by atoms with Gasteiger partial charge in [0.1, 0.15) is 5.82 Å². The molecule has 0 aliphatic carbocycles. The maximum atomic E-state index is 13.1. The number of aryl methyl sites for hydroxylation is 1. The predicted molar refractivity (Wildman–Crippen MR) is 97.7 cm³/mol. The fraction of sp³-hybridized carbons (Fsp3) is 0.368. The lowest BCUT2D eigenvalue weighted by Gasteiger charge is -2.21. The summed E-state index contributed by atoms with van der Waals surface area (Å²) in [6.07, 6.45) is 2.53. The minimum atomic E-state index is -0.226. The molecule has 27 heavy (non-hydrogen) atoms. The van der Waals surface area contributed by atoms with Gasteiger partial charge in [0.05, 0.1) is 0 Å². The van der Waals surface area contributed by atoms with Gasteiger partial charge in [-0.05, 0) is 37.1 Å². The minimum Gasteiger partial charge on any atom is -0.335 e. The third-order valence-corrected chi connectivity index (χ3v) is 4.82. The van der Waals surface area contributed by atoms with E-state index in [4.69, 9.17) is 0 Å². The summed E-state index contributed by atoms with van der Waals surface area (Å²) in [4.78, 5) is 25.3. The Morgan fingerprint density at radius 1 is 1.11 bits per heavy atom. The van der Waals surface area contributed by atoms with Crippen LogP contribution in [0.2, 0.25) is 0 Å². The van der Waals surface area contributed by atoms with Crippen LogP contribution >= 0.6 is 0 Å². The Morgan fingerprint density at radius 3 is 2.70 bits per heavy atom. The number of benzene rings is 1. The van der Waals surface area contributed by atoms with Crippen molar-refractivity contribution in [1.29, 1.82) is 0 Å². The third kappa shape index (κ3) is 3.80. The molecular formula is C19H21FN6O. The average Bonchev–Trinajstić information content (AvgIpc) is 2.98. The second-order valence-electron chi connectivity index (χ2n) is 6.78. The highest BCUT2D eigenvalue weighted by Gasteiger charge is 2.24. The van der Waals surface area contributed by atoms with Gasteiger partial charge in [-0.15, -0.1) is 5.10 Å². The van der Waals surface area contributed by atoms with Gasteiger partial charge in [0, 0.05) is 44.6 Å². The van der Waals surface area contributed by atoms with Crippen molar-refractivity contribution >= 4 is 11.7 Å². The van der Waals surface area contributed by atoms with E-state index in [-0.39, 0.29) is 17.5 Å². The number of hydrogen-bond acceptors (Lipinski definition) is 5. The molecule has 0 N–H and O–H groups in total. The molecule has 1 aliphatic rings. The molecule has 1 fully saturated rings. The summed E-state index contributed by atoms with van der Waals surface area (Å²) in [5.41, 5.74) is 1.95. The summed E-state index contributed by atoms with van der Waals surface area (Å²) in [6.45, 7) is 5.58. The Kier molecular flexibility index (Phi) is 4.81. The van der Waals surface area contributed by atoms with E-state index < -0.39 is 0 Å². The zero-order valence-electron chi connectivity index (χ0n) is 15.2. The van der Waals surface area contributed by atoms with Gasteiger partial charge in [-0.2, -0.15) is 4.98 Å². The van der Waals surface area contributed by atoms with E-state index in [2.05, 4.69) is 20.0 Å². The van der Waals surface area contributed by atoms with Crippen LogP contribution in [0.15, 0.2) is 36.5 Å². The average molecular weight is 368 g/mol. The molecule has 7 nitrogen and oxygen atoms in total. The molecule has 1 aliphatic heterocycles. The van der Waals surface area contributed by atoms with Crippen LogP contribution in [0.3, 0.4) is 0 Å². The Morgan fingerprint density at radius 2 is 1.93 bits per heavy atom. The Hall–Kier alpha value is -2.87. The molecule has 0 spiro atoms. The van der Waals surface area contributed by atoms with Gasteiger partial charge in [-0.1, -0.05) is 12.1 Å².